The molecule has 1 saturated carbocycles. The van der Waals surface area contributed by atoms with Crippen LogP contribution < -0.4 is 14.8 Å². The number of fused-ring (bicyclic) bond motifs is 4. The molecule has 0 unspecified atom stereocenters. The second kappa shape index (κ2) is 13.8. The average Bonchev–Trinajstić information content (AvgIpc) is 3.57. The highest BCUT2D eigenvalue weighted by Crippen LogP contribution is 2.68. The summed E-state index contributed by atoms with van der Waals surface area (Å²) in [7, 11) is -2.50. The van der Waals surface area contributed by atoms with E-state index in [9.17, 15) is 30.8 Å². The molecule has 294 valence electrons. The Labute approximate surface area is 316 Å². The van der Waals surface area contributed by atoms with Crippen LogP contribution in [-0.4, -0.2) is 57.1 Å². The van der Waals surface area contributed by atoms with E-state index in [2.05, 4.69) is 37.2 Å². The molecule has 19 heteroatoms. The van der Waals surface area contributed by atoms with Crippen molar-refractivity contribution in [3.63, 3.8) is 0 Å². The van der Waals surface area contributed by atoms with Gasteiger partial charge in [0, 0.05) is 34.1 Å². The van der Waals surface area contributed by atoms with Gasteiger partial charge in [0.05, 0.1) is 25.1 Å². The maximum atomic E-state index is 15.4. The first-order valence-electron chi connectivity index (χ1n) is 17.2. The van der Waals surface area contributed by atoms with E-state index in [1.54, 1.807) is 18.2 Å². The number of aromatic nitrogens is 6. The molecule has 1 aromatic carbocycles. The number of sulfonamides is 1. The number of rotatable bonds is 11. The van der Waals surface area contributed by atoms with Crippen molar-refractivity contribution < 1.29 is 44.3 Å². The van der Waals surface area contributed by atoms with Gasteiger partial charge in [0.1, 0.15) is 35.3 Å². The number of benzene rings is 1. The molecule has 0 spiro atoms. The van der Waals surface area contributed by atoms with E-state index in [1.807, 2.05) is 20.8 Å². The van der Waals surface area contributed by atoms with Gasteiger partial charge >= 0.3 is 0 Å². The summed E-state index contributed by atoms with van der Waals surface area (Å²) < 4.78 is 122. The van der Waals surface area contributed by atoms with Crippen LogP contribution in [0.4, 0.5) is 32.3 Å². The van der Waals surface area contributed by atoms with E-state index in [-0.39, 0.29) is 64.0 Å². The molecule has 3 atom stereocenters. The number of pyridine rings is 2. The van der Waals surface area contributed by atoms with Crippen molar-refractivity contribution in [2.24, 2.45) is 11.3 Å². The highest BCUT2D eigenvalue weighted by atomic mass is 32.2. The Hall–Kier alpha value is -5.64. The number of amides is 1. The molecular weight excluding hydrogens is 767 g/mol. The van der Waals surface area contributed by atoms with Crippen LogP contribution in [0, 0.1) is 34.8 Å². The summed E-state index contributed by atoms with van der Waals surface area (Å²) in [6.45, 7) is 4.72. The zero-order chi connectivity index (χ0) is 40.5. The number of halogens is 6. The quantitative estimate of drug-likeness (QED) is 0.117. The van der Waals surface area contributed by atoms with Crippen molar-refractivity contribution >= 4 is 27.5 Å². The first-order chi connectivity index (χ1) is 26.2. The summed E-state index contributed by atoms with van der Waals surface area (Å²) >= 11 is 0. The number of nitrogens with one attached hydrogen (secondary N) is 2. The zero-order valence-corrected chi connectivity index (χ0v) is 31.3. The van der Waals surface area contributed by atoms with Gasteiger partial charge in [0.15, 0.2) is 5.65 Å². The van der Waals surface area contributed by atoms with E-state index in [0.29, 0.717) is 10.7 Å². The molecule has 0 radical (unpaired) electrons. The Morgan fingerprint density at radius 3 is 2.39 bits per heavy atom. The van der Waals surface area contributed by atoms with Crippen LogP contribution >= 0.6 is 0 Å². The minimum Gasteiger partial charge on any atom is -0.482 e. The van der Waals surface area contributed by atoms with E-state index in [4.69, 9.17) is 9.72 Å². The summed E-state index contributed by atoms with van der Waals surface area (Å²) in [5, 5.41) is 14.7. The number of hydrogen-bond donors (Lipinski definition) is 2. The Bertz CT molecular complexity index is 2550. The SMILES string of the molecule is COc1ccc(-c2ccc(C#CC(C)(C)C)nc2[C@H](Cc2cc(F)cc(F)c2)NC(=O)Cn2nc(C(F)F)c3c2C(F)(F)[C@@H]2C[C@H]32)c2nnc(NS(C)(=O)=O)n12. The van der Waals surface area contributed by atoms with Crippen molar-refractivity contribution in [3.05, 3.63) is 88.0 Å². The monoisotopic (exact) mass is 800 g/mol. The predicted octanol–water partition coefficient (Wildman–Crippen LogP) is 6.29. The van der Waals surface area contributed by atoms with Gasteiger partial charge in [-0.1, -0.05) is 5.92 Å². The molecule has 0 bridgehead atoms. The van der Waals surface area contributed by atoms with Crippen molar-refractivity contribution in [1.82, 2.24) is 34.7 Å². The van der Waals surface area contributed by atoms with Crippen LogP contribution in [0.5, 0.6) is 5.88 Å². The summed E-state index contributed by atoms with van der Waals surface area (Å²) in [5.41, 5.74) is -1.27. The van der Waals surface area contributed by atoms with Crippen molar-refractivity contribution in [3.8, 4) is 28.8 Å². The maximum absolute atomic E-state index is 15.4. The molecule has 2 aliphatic rings. The number of alkyl halides is 4. The molecule has 12 nitrogen and oxygen atoms in total. The molecule has 1 fully saturated rings. The van der Waals surface area contributed by atoms with Crippen LogP contribution in [0.2, 0.25) is 0 Å². The van der Waals surface area contributed by atoms with Gasteiger partial charge in [-0.3, -0.25) is 14.2 Å². The van der Waals surface area contributed by atoms with Crippen LogP contribution in [0.3, 0.4) is 0 Å². The van der Waals surface area contributed by atoms with Crippen molar-refractivity contribution in [2.75, 3.05) is 18.1 Å². The zero-order valence-electron chi connectivity index (χ0n) is 30.5. The minimum atomic E-state index is -3.84. The van der Waals surface area contributed by atoms with Gasteiger partial charge in [-0.2, -0.15) is 13.9 Å². The van der Waals surface area contributed by atoms with Gasteiger partial charge in [0.2, 0.25) is 27.8 Å². The largest absolute Gasteiger partial charge is 0.482 e. The third-order valence-electron chi connectivity index (χ3n) is 9.27. The molecule has 2 N–H and O–H groups in total. The molecule has 1 amide bonds. The van der Waals surface area contributed by atoms with E-state index >= 15 is 8.78 Å². The molecule has 0 aliphatic heterocycles. The number of hydrogen-bond acceptors (Lipinski definition) is 8. The lowest BCUT2D eigenvalue weighted by Gasteiger charge is -2.23. The lowest BCUT2D eigenvalue weighted by Crippen LogP contribution is -2.35. The Morgan fingerprint density at radius 2 is 1.75 bits per heavy atom. The van der Waals surface area contributed by atoms with E-state index in [1.165, 1.54) is 17.6 Å². The van der Waals surface area contributed by atoms with Gasteiger partial charge in [0.25, 0.3) is 12.3 Å². The highest BCUT2D eigenvalue weighted by Gasteiger charge is 2.67. The topological polar surface area (TPSA) is 145 Å². The third-order valence-corrected chi connectivity index (χ3v) is 9.82. The number of carbonyl (C=O) groups is 1. The number of anilines is 1. The van der Waals surface area contributed by atoms with Crippen molar-refractivity contribution in [2.45, 2.75) is 64.5 Å². The molecule has 5 aromatic rings. The minimum absolute atomic E-state index is 0.0310. The molecule has 4 heterocycles. The number of nitrogens with zero attached hydrogens (tertiary/aromatic N) is 6. The van der Waals surface area contributed by atoms with Crippen LogP contribution in [0.15, 0.2) is 42.5 Å². The number of ether oxygens (including phenoxy) is 1. The fourth-order valence-corrected chi connectivity index (χ4v) is 7.46. The fourth-order valence-electron chi connectivity index (χ4n) is 7.00. The Kier molecular flexibility index (Phi) is 9.54. The molecule has 4 aromatic heterocycles. The summed E-state index contributed by atoms with van der Waals surface area (Å²) in [4.78, 5) is 18.7. The summed E-state index contributed by atoms with van der Waals surface area (Å²) in [6, 6.07) is 7.72. The molecule has 7 rings (SSSR count). The first kappa shape index (κ1) is 38.6. The lowest BCUT2D eigenvalue weighted by molar-refractivity contribution is -0.123. The maximum Gasteiger partial charge on any atom is 0.293 e. The van der Waals surface area contributed by atoms with E-state index < -0.39 is 81.1 Å². The fraction of sp³-hybridized carbons (Fsp3) is 0.378. The highest BCUT2D eigenvalue weighted by molar-refractivity contribution is 7.92. The second-order valence-corrected chi connectivity index (χ2v) is 16.5. The van der Waals surface area contributed by atoms with E-state index in [0.717, 1.165) is 18.4 Å². The number of methoxy groups -OCH3 is 1. The van der Waals surface area contributed by atoms with Crippen LogP contribution in [-0.2, 0) is 33.7 Å². The Morgan fingerprint density at radius 1 is 1.05 bits per heavy atom. The molecule has 0 saturated heterocycles. The van der Waals surface area contributed by atoms with Gasteiger partial charge in [-0.25, -0.2) is 35.4 Å². The molecule has 56 heavy (non-hydrogen) atoms. The summed E-state index contributed by atoms with van der Waals surface area (Å²) in [5.74, 6) is -2.24. The van der Waals surface area contributed by atoms with Crippen LogP contribution in [0.1, 0.15) is 79.5 Å². The Balaban J connectivity index is 1.38. The van der Waals surface area contributed by atoms with Crippen LogP contribution in [0.25, 0.3) is 16.8 Å². The van der Waals surface area contributed by atoms with Gasteiger partial charge in [-0.15, -0.1) is 10.2 Å². The molecular formula is C37H34F6N8O4S. The standard InChI is InChI=1S/C37H34F6N8O4S/c1-36(2,3)11-10-21-6-7-22(23-8-9-28(55-4)51-34(23)46-47-35(51)49-56(5,53)54)30(44-21)26(14-18-12-19(38)15-20(39)13-18)45-27(52)17-50-32-29(31(48-50)33(40)41)24-16-25(24)37(32,42)43/h6-9,12-13,15,24-26,33H,14,16-17H2,1-5H3,(H,45,52)(H,47,49)/t24-,25+,26-/m0/s1. The second-order valence-electron chi connectivity index (χ2n) is 14.8. The molecule has 2 aliphatic carbocycles. The normalized spacial score (nSPS) is 17.6. The van der Waals surface area contributed by atoms with Gasteiger partial charge in [-0.05, 0) is 87.4 Å². The third kappa shape index (κ3) is 7.49. The lowest BCUT2D eigenvalue weighted by atomic mass is 9.94. The predicted molar refractivity (Wildman–Crippen MR) is 190 cm³/mol. The number of carbonyl (C=O) groups excluding carboxylic acids is 1. The van der Waals surface area contributed by atoms with Gasteiger partial charge < -0.3 is 10.1 Å². The first-order valence-corrected chi connectivity index (χ1v) is 19.1. The summed E-state index contributed by atoms with van der Waals surface area (Å²) in [6.07, 6.45) is -2.52. The van der Waals surface area contributed by atoms with Crippen molar-refractivity contribution in [1.29, 1.82) is 0 Å². The smallest absolute Gasteiger partial charge is 0.293 e. The average molecular weight is 801 g/mol.